The molecule has 0 radical (unpaired) electrons. The van der Waals surface area contributed by atoms with E-state index in [1.54, 1.807) is 35.5 Å². The van der Waals surface area contributed by atoms with Gasteiger partial charge < -0.3 is 14.4 Å². The van der Waals surface area contributed by atoms with E-state index in [1.165, 1.54) is 24.8 Å². The molecule has 0 aliphatic carbocycles. The van der Waals surface area contributed by atoms with Crippen molar-refractivity contribution in [2.45, 2.75) is 44.9 Å². The van der Waals surface area contributed by atoms with Crippen molar-refractivity contribution in [1.82, 2.24) is 19.7 Å². The SMILES string of the molecule is CCOC(=O)CCCO[C@@](Cn1cncn1)(c1ccc(F)cc1F)[C@H](C)N1CSC=C1c1ccc(C#N)cc1. The second kappa shape index (κ2) is 12.9. The van der Waals surface area contributed by atoms with E-state index in [1.807, 2.05) is 24.5 Å². The Hall–Kier alpha value is -3.75. The van der Waals surface area contributed by atoms with E-state index in [-0.39, 0.29) is 37.7 Å². The fourth-order valence-corrected chi connectivity index (χ4v) is 5.66. The first-order chi connectivity index (χ1) is 18.9. The molecule has 3 aromatic rings. The Morgan fingerprint density at radius 1 is 1.26 bits per heavy atom. The molecule has 2 aromatic carbocycles. The highest BCUT2D eigenvalue weighted by molar-refractivity contribution is 8.02. The topological polar surface area (TPSA) is 93.3 Å². The zero-order valence-electron chi connectivity index (χ0n) is 21.7. The molecule has 1 aliphatic heterocycles. The monoisotopic (exact) mass is 553 g/mol. The van der Waals surface area contributed by atoms with Crippen molar-refractivity contribution in [3.05, 3.63) is 88.9 Å². The number of rotatable bonds is 12. The average molecular weight is 554 g/mol. The van der Waals surface area contributed by atoms with Crippen LogP contribution in [0.25, 0.3) is 5.70 Å². The van der Waals surface area contributed by atoms with Crippen molar-refractivity contribution in [3.63, 3.8) is 0 Å². The van der Waals surface area contributed by atoms with Crippen molar-refractivity contribution in [2.75, 3.05) is 19.1 Å². The van der Waals surface area contributed by atoms with E-state index in [2.05, 4.69) is 21.1 Å². The minimum Gasteiger partial charge on any atom is -0.466 e. The third-order valence-electron chi connectivity index (χ3n) is 6.61. The molecule has 0 fully saturated rings. The molecular formula is C28H29F2N5O3S. The molecule has 1 aliphatic rings. The molecule has 0 bridgehead atoms. The number of carbonyl (C=O) groups is 1. The Kier molecular flexibility index (Phi) is 9.32. The molecule has 0 spiro atoms. The number of nitrogens with zero attached hydrogens (tertiary/aromatic N) is 5. The number of hydrogen-bond donors (Lipinski definition) is 0. The number of aromatic nitrogens is 3. The van der Waals surface area contributed by atoms with Crippen LogP contribution in [0.15, 0.2) is 60.5 Å². The number of nitriles is 1. The number of esters is 1. The van der Waals surface area contributed by atoms with Gasteiger partial charge in [-0.1, -0.05) is 18.2 Å². The van der Waals surface area contributed by atoms with Gasteiger partial charge in [0.1, 0.15) is 29.9 Å². The molecule has 204 valence electrons. The summed E-state index contributed by atoms with van der Waals surface area (Å²) >= 11 is 1.58. The summed E-state index contributed by atoms with van der Waals surface area (Å²) in [5, 5.41) is 15.5. The van der Waals surface area contributed by atoms with Crippen molar-refractivity contribution in [3.8, 4) is 6.07 Å². The smallest absolute Gasteiger partial charge is 0.305 e. The first-order valence-corrected chi connectivity index (χ1v) is 13.6. The standard InChI is InChI=1S/C28H29F2N5O3S/c1-3-37-27(36)5-4-12-38-28(16-34-18-32-17-33-34,24-11-10-23(29)13-25(24)30)20(2)35-19-39-15-26(35)22-8-6-21(14-31)7-9-22/h6-11,13,15,17-18,20H,3-5,12,16,19H2,1-2H3/t20-,28+/m0/s1. The van der Waals surface area contributed by atoms with Gasteiger partial charge in [0.05, 0.1) is 42.4 Å². The van der Waals surface area contributed by atoms with E-state index >= 15 is 4.39 Å². The molecular weight excluding hydrogens is 524 g/mol. The molecule has 0 unspecified atom stereocenters. The number of carbonyl (C=O) groups excluding carboxylic acids is 1. The van der Waals surface area contributed by atoms with Crippen LogP contribution in [-0.4, -0.2) is 50.8 Å². The van der Waals surface area contributed by atoms with E-state index in [0.717, 1.165) is 17.3 Å². The Bertz CT molecular complexity index is 1340. The maximum Gasteiger partial charge on any atom is 0.305 e. The van der Waals surface area contributed by atoms with Crippen LogP contribution in [0.4, 0.5) is 8.78 Å². The maximum absolute atomic E-state index is 15.6. The van der Waals surface area contributed by atoms with Crippen molar-refractivity contribution in [1.29, 1.82) is 5.26 Å². The Balaban J connectivity index is 1.74. The van der Waals surface area contributed by atoms with Gasteiger partial charge in [-0.05, 0) is 49.4 Å². The highest BCUT2D eigenvalue weighted by Crippen LogP contribution is 2.42. The van der Waals surface area contributed by atoms with Gasteiger partial charge in [-0.2, -0.15) is 10.4 Å². The minimum atomic E-state index is -1.35. The van der Waals surface area contributed by atoms with E-state index in [9.17, 15) is 14.4 Å². The third kappa shape index (κ3) is 6.46. The fourth-order valence-electron chi connectivity index (χ4n) is 4.63. The van der Waals surface area contributed by atoms with E-state index < -0.39 is 23.3 Å². The summed E-state index contributed by atoms with van der Waals surface area (Å²) in [7, 11) is 0. The van der Waals surface area contributed by atoms with Crippen LogP contribution in [0, 0.1) is 23.0 Å². The summed E-state index contributed by atoms with van der Waals surface area (Å²) in [6, 6.07) is 12.3. The van der Waals surface area contributed by atoms with Gasteiger partial charge in [-0.3, -0.25) is 4.79 Å². The van der Waals surface area contributed by atoms with Crippen LogP contribution in [0.2, 0.25) is 0 Å². The number of ether oxygens (including phenoxy) is 2. The van der Waals surface area contributed by atoms with E-state index in [0.29, 0.717) is 17.9 Å². The highest BCUT2D eigenvalue weighted by Gasteiger charge is 2.46. The van der Waals surface area contributed by atoms with Crippen LogP contribution >= 0.6 is 11.8 Å². The first-order valence-electron chi connectivity index (χ1n) is 12.5. The highest BCUT2D eigenvalue weighted by atomic mass is 32.2. The van der Waals surface area contributed by atoms with Crippen molar-refractivity contribution >= 4 is 23.4 Å². The number of halogens is 2. The molecule has 1 aromatic heterocycles. The normalized spacial score (nSPS) is 15.4. The van der Waals surface area contributed by atoms with E-state index in [4.69, 9.17) is 9.47 Å². The van der Waals surface area contributed by atoms with Crippen LogP contribution in [0.5, 0.6) is 0 Å². The Morgan fingerprint density at radius 2 is 2.05 bits per heavy atom. The van der Waals surface area contributed by atoms with Gasteiger partial charge in [-0.15, -0.1) is 11.8 Å². The molecule has 2 atom stereocenters. The molecule has 0 saturated heterocycles. The zero-order chi connectivity index (χ0) is 27.8. The summed E-state index contributed by atoms with van der Waals surface area (Å²) in [6.07, 6.45) is 3.38. The van der Waals surface area contributed by atoms with Crippen LogP contribution < -0.4 is 0 Å². The van der Waals surface area contributed by atoms with Gasteiger partial charge in [0, 0.05) is 24.7 Å². The Morgan fingerprint density at radius 3 is 2.72 bits per heavy atom. The molecule has 11 heteroatoms. The van der Waals surface area contributed by atoms with Crippen LogP contribution in [0.1, 0.15) is 43.4 Å². The van der Waals surface area contributed by atoms with Gasteiger partial charge in [0.2, 0.25) is 0 Å². The van der Waals surface area contributed by atoms with Gasteiger partial charge in [0.15, 0.2) is 0 Å². The molecule has 0 N–H and O–H groups in total. The lowest BCUT2D eigenvalue weighted by molar-refractivity contribution is -0.145. The molecule has 0 saturated carbocycles. The van der Waals surface area contributed by atoms with Gasteiger partial charge >= 0.3 is 5.97 Å². The van der Waals surface area contributed by atoms with Crippen molar-refractivity contribution in [2.24, 2.45) is 0 Å². The van der Waals surface area contributed by atoms with Gasteiger partial charge in [0.25, 0.3) is 0 Å². The average Bonchev–Trinajstić information content (AvgIpc) is 3.63. The minimum absolute atomic E-state index is 0.0813. The lowest BCUT2D eigenvalue weighted by atomic mass is 9.84. The van der Waals surface area contributed by atoms with Crippen LogP contribution in [-0.2, 0) is 26.4 Å². The largest absolute Gasteiger partial charge is 0.466 e. The lowest BCUT2D eigenvalue weighted by Gasteiger charge is -2.45. The molecule has 8 nitrogen and oxygen atoms in total. The number of benzene rings is 2. The second-order valence-corrected chi connectivity index (χ2v) is 9.82. The lowest BCUT2D eigenvalue weighted by Crippen LogP contribution is -2.52. The quantitative estimate of drug-likeness (QED) is 0.227. The summed E-state index contributed by atoms with van der Waals surface area (Å²) in [5.74, 6) is -1.23. The van der Waals surface area contributed by atoms with Crippen LogP contribution in [0.3, 0.4) is 0 Å². The molecule has 0 amide bonds. The third-order valence-corrected chi connectivity index (χ3v) is 7.43. The van der Waals surface area contributed by atoms with Crippen molar-refractivity contribution < 1.29 is 23.0 Å². The summed E-state index contributed by atoms with van der Waals surface area (Å²) in [4.78, 5) is 18.1. The zero-order valence-corrected chi connectivity index (χ0v) is 22.5. The Labute approximate surface area is 230 Å². The van der Waals surface area contributed by atoms with Gasteiger partial charge in [-0.25, -0.2) is 18.4 Å². The fraction of sp³-hybridized carbons (Fsp3) is 0.357. The molecule has 2 heterocycles. The number of thioether (sulfide) groups is 1. The summed E-state index contributed by atoms with van der Waals surface area (Å²) < 4.78 is 42.7. The maximum atomic E-state index is 15.6. The summed E-state index contributed by atoms with van der Waals surface area (Å²) in [5.41, 5.74) is 1.14. The summed E-state index contributed by atoms with van der Waals surface area (Å²) in [6.45, 7) is 4.15. The first kappa shape index (κ1) is 28.3. The predicted octanol–water partition coefficient (Wildman–Crippen LogP) is 5.08. The predicted molar refractivity (Wildman–Crippen MR) is 143 cm³/mol. The molecule has 4 rings (SSSR count). The second-order valence-electron chi connectivity index (χ2n) is 9.00. The molecule has 39 heavy (non-hydrogen) atoms. The number of hydrogen-bond acceptors (Lipinski definition) is 8.